The second kappa shape index (κ2) is 14.0. The fourth-order valence-electron chi connectivity index (χ4n) is 2.79. The van der Waals surface area contributed by atoms with Crippen LogP contribution in [0.3, 0.4) is 0 Å². The number of rotatable bonds is 10. The maximum absolute atomic E-state index is 5.74. The number of aliphatic imine (C=N–C) groups is 1. The minimum atomic E-state index is 0. The average Bonchev–Trinajstić information content (AvgIpc) is 3.16. The molecule has 0 aliphatic carbocycles. The summed E-state index contributed by atoms with van der Waals surface area (Å²) in [5.74, 6) is 1.44. The van der Waals surface area contributed by atoms with Gasteiger partial charge in [-0.05, 0) is 37.5 Å². The molecule has 1 atom stereocenters. The zero-order valence-corrected chi connectivity index (χ0v) is 19.2. The van der Waals surface area contributed by atoms with Gasteiger partial charge in [0, 0.05) is 52.0 Å². The summed E-state index contributed by atoms with van der Waals surface area (Å²) in [4.78, 5) is 6.79. The molecule has 7 heteroatoms. The second-order valence-corrected chi connectivity index (χ2v) is 6.84. The van der Waals surface area contributed by atoms with Gasteiger partial charge in [0.2, 0.25) is 0 Å². The molecule has 1 aliphatic rings. The number of anilines is 1. The lowest BCUT2D eigenvalue weighted by molar-refractivity contribution is 0.0888. The van der Waals surface area contributed by atoms with E-state index < -0.39 is 0 Å². The summed E-state index contributed by atoms with van der Waals surface area (Å²) >= 11 is 0. The number of benzene rings is 1. The Kier molecular flexibility index (Phi) is 12.4. The summed E-state index contributed by atoms with van der Waals surface area (Å²) < 4.78 is 11.1. The number of hydrogen-bond acceptors (Lipinski definition) is 4. The number of nitrogens with one attached hydrogen (secondary N) is 2. The monoisotopic (exact) mass is 490 g/mol. The van der Waals surface area contributed by atoms with Crippen LogP contribution in [0, 0.1) is 5.92 Å². The number of guanidine groups is 1. The third-order valence-electron chi connectivity index (χ3n) is 4.33. The standard InChI is InChI=1S/C20H34N4O2.HI/c1-4-21-20(22-10-6-11-25-15-18-9-12-26-16-18)23-14-17-7-5-8-19(13-17)24(2)3;/h5,7-8,13,18H,4,6,9-12,14-16H2,1-3H3,(H2,21,22,23);1H. The molecule has 27 heavy (non-hydrogen) atoms. The fraction of sp³-hybridized carbons (Fsp3) is 0.650. The van der Waals surface area contributed by atoms with Gasteiger partial charge in [0.15, 0.2) is 5.96 Å². The Balaban J connectivity index is 0.00000364. The first kappa shape index (κ1) is 24.0. The Hall–Kier alpha value is -1.06. The molecular formula is C20H35IN4O2. The Morgan fingerprint density at radius 1 is 1.33 bits per heavy atom. The molecule has 1 aliphatic heterocycles. The van der Waals surface area contributed by atoms with Crippen molar-refractivity contribution in [1.82, 2.24) is 10.6 Å². The van der Waals surface area contributed by atoms with Crippen molar-refractivity contribution in [1.29, 1.82) is 0 Å². The van der Waals surface area contributed by atoms with E-state index in [4.69, 9.17) is 9.47 Å². The van der Waals surface area contributed by atoms with Gasteiger partial charge in [0.25, 0.3) is 0 Å². The van der Waals surface area contributed by atoms with E-state index in [1.165, 1.54) is 11.3 Å². The van der Waals surface area contributed by atoms with Crippen LogP contribution in [0.25, 0.3) is 0 Å². The van der Waals surface area contributed by atoms with Crippen molar-refractivity contribution in [3.8, 4) is 0 Å². The molecule has 0 aromatic heterocycles. The van der Waals surface area contributed by atoms with Gasteiger partial charge in [-0.2, -0.15) is 0 Å². The van der Waals surface area contributed by atoms with Crippen molar-refractivity contribution < 1.29 is 9.47 Å². The van der Waals surface area contributed by atoms with Crippen LogP contribution in [0.1, 0.15) is 25.3 Å². The topological polar surface area (TPSA) is 58.1 Å². The van der Waals surface area contributed by atoms with Gasteiger partial charge in [-0.25, -0.2) is 4.99 Å². The molecular weight excluding hydrogens is 455 g/mol. The minimum Gasteiger partial charge on any atom is -0.381 e. The predicted octanol–water partition coefficient (Wildman–Crippen LogP) is 2.87. The maximum Gasteiger partial charge on any atom is 0.191 e. The van der Waals surface area contributed by atoms with E-state index >= 15 is 0 Å². The Bertz CT molecular complexity index is 549. The van der Waals surface area contributed by atoms with Crippen molar-refractivity contribution in [3.05, 3.63) is 29.8 Å². The van der Waals surface area contributed by atoms with E-state index in [1.54, 1.807) is 0 Å². The number of ether oxygens (including phenoxy) is 2. The highest BCUT2D eigenvalue weighted by molar-refractivity contribution is 14.0. The van der Waals surface area contributed by atoms with Crippen LogP contribution >= 0.6 is 24.0 Å². The average molecular weight is 490 g/mol. The molecule has 1 saturated heterocycles. The first-order valence-electron chi connectivity index (χ1n) is 9.63. The molecule has 1 aromatic rings. The summed E-state index contributed by atoms with van der Waals surface area (Å²) in [5, 5.41) is 6.68. The lowest BCUT2D eigenvalue weighted by atomic mass is 10.1. The molecule has 2 N–H and O–H groups in total. The SMILES string of the molecule is CCNC(=NCc1cccc(N(C)C)c1)NCCCOCC1CCOC1.I. The summed E-state index contributed by atoms with van der Waals surface area (Å²) in [7, 11) is 4.10. The largest absolute Gasteiger partial charge is 0.381 e. The van der Waals surface area contributed by atoms with Crippen molar-refractivity contribution in [2.24, 2.45) is 10.9 Å². The molecule has 0 spiro atoms. The molecule has 1 unspecified atom stereocenters. The smallest absolute Gasteiger partial charge is 0.191 e. The van der Waals surface area contributed by atoms with Crippen LogP contribution < -0.4 is 15.5 Å². The van der Waals surface area contributed by atoms with E-state index in [1.807, 2.05) is 0 Å². The van der Waals surface area contributed by atoms with Gasteiger partial charge in [-0.1, -0.05) is 12.1 Å². The Labute approximate surface area is 181 Å². The van der Waals surface area contributed by atoms with Gasteiger partial charge in [-0.3, -0.25) is 0 Å². The van der Waals surface area contributed by atoms with Crippen molar-refractivity contribution in [2.75, 3.05) is 58.5 Å². The molecule has 0 saturated carbocycles. The normalized spacial score (nSPS) is 16.7. The van der Waals surface area contributed by atoms with E-state index in [9.17, 15) is 0 Å². The van der Waals surface area contributed by atoms with Gasteiger partial charge < -0.3 is 25.0 Å². The van der Waals surface area contributed by atoms with Gasteiger partial charge in [-0.15, -0.1) is 24.0 Å². The summed E-state index contributed by atoms with van der Waals surface area (Å²) in [6, 6.07) is 8.47. The van der Waals surface area contributed by atoms with Crippen LogP contribution in [0.5, 0.6) is 0 Å². The van der Waals surface area contributed by atoms with E-state index in [0.29, 0.717) is 12.5 Å². The minimum absolute atomic E-state index is 0. The lowest BCUT2D eigenvalue weighted by Gasteiger charge is -2.14. The van der Waals surface area contributed by atoms with Crippen molar-refractivity contribution >= 4 is 35.6 Å². The Morgan fingerprint density at radius 3 is 2.89 bits per heavy atom. The van der Waals surface area contributed by atoms with Gasteiger partial charge in [0.1, 0.15) is 0 Å². The molecule has 6 nitrogen and oxygen atoms in total. The molecule has 0 radical (unpaired) electrons. The van der Waals surface area contributed by atoms with E-state index in [0.717, 1.165) is 58.3 Å². The maximum atomic E-state index is 5.74. The van der Waals surface area contributed by atoms with Crippen LogP contribution in [0.4, 0.5) is 5.69 Å². The summed E-state index contributed by atoms with van der Waals surface area (Å²) in [6.45, 7) is 7.77. The molecule has 0 bridgehead atoms. The number of hydrogen-bond donors (Lipinski definition) is 2. The highest BCUT2D eigenvalue weighted by atomic mass is 127. The van der Waals surface area contributed by atoms with Crippen LogP contribution in [0.15, 0.2) is 29.3 Å². The van der Waals surface area contributed by atoms with Crippen LogP contribution in [0.2, 0.25) is 0 Å². The molecule has 1 heterocycles. The zero-order chi connectivity index (χ0) is 18.6. The third-order valence-corrected chi connectivity index (χ3v) is 4.33. The molecule has 154 valence electrons. The van der Waals surface area contributed by atoms with E-state index in [2.05, 4.69) is 65.8 Å². The summed E-state index contributed by atoms with van der Waals surface area (Å²) in [5.41, 5.74) is 2.40. The van der Waals surface area contributed by atoms with E-state index in [-0.39, 0.29) is 24.0 Å². The molecule has 2 rings (SSSR count). The van der Waals surface area contributed by atoms with Crippen LogP contribution in [-0.2, 0) is 16.0 Å². The van der Waals surface area contributed by atoms with Crippen molar-refractivity contribution in [3.63, 3.8) is 0 Å². The zero-order valence-electron chi connectivity index (χ0n) is 16.9. The lowest BCUT2D eigenvalue weighted by Crippen LogP contribution is -2.38. The highest BCUT2D eigenvalue weighted by Gasteiger charge is 2.15. The second-order valence-electron chi connectivity index (χ2n) is 6.84. The first-order valence-corrected chi connectivity index (χ1v) is 9.63. The quantitative estimate of drug-likeness (QED) is 0.229. The first-order chi connectivity index (χ1) is 12.7. The highest BCUT2D eigenvalue weighted by Crippen LogP contribution is 2.14. The molecule has 1 aromatic carbocycles. The molecule has 1 fully saturated rings. The summed E-state index contributed by atoms with van der Waals surface area (Å²) in [6.07, 6.45) is 2.10. The Morgan fingerprint density at radius 2 is 2.19 bits per heavy atom. The number of nitrogens with zero attached hydrogens (tertiary/aromatic N) is 2. The van der Waals surface area contributed by atoms with Crippen LogP contribution in [-0.4, -0.2) is 59.6 Å². The third kappa shape index (κ3) is 9.62. The van der Waals surface area contributed by atoms with Gasteiger partial charge in [0.05, 0.1) is 19.8 Å². The predicted molar refractivity (Wildman–Crippen MR) is 123 cm³/mol. The van der Waals surface area contributed by atoms with Gasteiger partial charge >= 0.3 is 0 Å². The molecule has 0 amide bonds. The van der Waals surface area contributed by atoms with Crippen molar-refractivity contribution in [2.45, 2.75) is 26.3 Å². The fourth-order valence-corrected chi connectivity index (χ4v) is 2.79. The number of halogens is 1.